The Morgan fingerprint density at radius 2 is 2.26 bits per heavy atom. The third-order valence-corrected chi connectivity index (χ3v) is 5.33. The maximum Gasteiger partial charge on any atom is 0.0590 e. The molecule has 0 bridgehead atoms. The summed E-state index contributed by atoms with van der Waals surface area (Å²) in [6, 6.07) is 3.13. The van der Waals surface area contributed by atoms with E-state index in [1.165, 1.54) is 23.3 Å². The summed E-state index contributed by atoms with van der Waals surface area (Å²) < 4.78 is 5.29. The number of nitrogens with zero attached hydrogens (tertiary/aromatic N) is 1. The average molecular weight is 282 g/mol. The molecule has 0 saturated heterocycles. The summed E-state index contributed by atoms with van der Waals surface area (Å²) in [5.74, 6) is 0.853. The molecule has 2 atom stereocenters. The zero-order valence-corrected chi connectivity index (χ0v) is 13.1. The lowest BCUT2D eigenvalue weighted by Gasteiger charge is -2.36. The average Bonchev–Trinajstić information content (AvgIpc) is 3.18. The first kappa shape index (κ1) is 15.0. The van der Waals surface area contributed by atoms with Crippen molar-refractivity contribution in [2.75, 3.05) is 26.8 Å². The predicted molar refractivity (Wildman–Crippen MR) is 81.6 cm³/mol. The van der Waals surface area contributed by atoms with Gasteiger partial charge in [-0.15, -0.1) is 11.3 Å². The lowest BCUT2D eigenvalue weighted by atomic mass is 10.1. The highest BCUT2D eigenvalue weighted by Gasteiger charge is 2.35. The van der Waals surface area contributed by atoms with Crippen molar-refractivity contribution in [3.63, 3.8) is 0 Å². The predicted octanol–water partition coefficient (Wildman–Crippen LogP) is 2.80. The van der Waals surface area contributed by atoms with E-state index in [2.05, 4.69) is 30.2 Å². The molecule has 0 spiro atoms. The van der Waals surface area contributed by atoms with E-state index in [4.69, 9.17) is 10.5 Å². The van der Waals surface area contributed by atoms with Gasteiger partial charge in [0.25, 0.3) is 0 Å². The Morgan fingerprint density at radius 1 is 1.53 bits per heavy atom. The Hall–Kier alpha value is -0.420. The molecule has 2 unspecified atom stereocenters. The highest BCUT2D eigenvalue weighted by Crippen LogP contribution is 2.39. The topological polar surface area (TPSA) is 38.5 Å². The van der Waals surface area contributed by atoms with E-state index in [1.807, 2.05) is 11.3 Å². The van der Waals surface area contributed by atoms with Crippen molar-refractivity contribution in [3.8, 4) is 0 Å². The zero-order chi connectivity index (χ0) is 13.8. The van der Waals surface area contributed by atoms with Crippen LogP contribution in [0.2, 0.25) is 0 Å². The molecule has 1 saturated carbocycles. The Labute approximate surface area is 120 Å². The first-order chi connectivity index (χ1) is 9.19. The number of ether oxygens (including phenoxy) is 1. The van der Waals surface area contributed by atoms with Crippen LogP contribution < -0.4 is 5.73 Å². The molecule has 0 aromatic carbocycles. The van der Waals surface area contributed by atoms with Gasteiger partial charge in [0.2, 0.25) is 0 Å². The van der Waals surface area contributed by atoms with Gasteiger partial charge in [-0.1, -0.05) is 0 Å². The molecule has 1 heterocycles. The normalized spacial score (nSPS) is 18.8. The van der Waals surface area contributed by atoms with Gasteiger partial charge in [0.1, 0.15) is 0 Å². The van der Waals surface area contributed by atoms with E-state index < -0.39 is 0 Å². The molecule has 1 aromatic rings. The largest absolute Gasteiger partial charge is 0.383 e. The van der Waals surface area contributed by atoms with E-state index in [-0.39, 0.29) is 0 Å². The molecule has 1 aromatic heterocycles. The summed E-state index contributed by atoms with van der Waals surface area (Å²) >= 11 is 1.83. The van der Waals surface area contributed by atoms with Gasteiger partial charge < -0.3 is 10.5 Å². The molecule has 0 amide bonds. The lowest BCUT2D eigenvalue weighted by molar-refractivity contribution is 0.0845. The van der Waals surface area contributed by atoms with Crippen molar-refractivity contribution in [1.29, 1.82) is 0 Å². The van der Waals surface area contributed by atoms with Gasteiger partial charge in [0.15, 0.2) is 0 Å². The summed E-state index contributed by atoms with van der Waals surface area (Å²) in [4.78, 5) is 3.98. The number of rotatable bonds is 8. The number of nitrogens with two attached hydrogens (primary N) is 1. The third-order valence-electron chi connectivity index (χ3n) is 4.21. The van der Waals surface area contributed by atoms with Crippen LogP contribution in [-0.2, 0) is 4.74 Å². The van der Waals surface area contributed by atoms with Gasteiger partial charge in [0.05, 0.1) is 12.6 Å². The van der Waals surface area contributed by atoms with Crippen LogP contribution in [0.5, 0.6) is 0 Å². The Morgan fingerprint density at radius 3 is 2.74 bits per heavy atom. The number of methoxy groups -OCH3 is 1. The van der Waals surface area contributed by atoms with Crippen LogP contribution in [-0.4, -0.2) is 37.7 Å². The van der Waals surface area contributed by atoms with E-state index in [9.17, 15) is 0 Å². The molecule has 1 aliphatic rings. The van der Waals surface area contributed by atoms with Gasteiger partial charge in [-0.2, -0.15) is 0 Å². The maximum absolute atomic E-state index is 6.09. The van der Waals surface area contributed by atoms with Crippen molar-refractivity contribution < 1.29 is 4.74 Å². The fourth-order valence-electron chi connectivity index (χ4n) is 2.81. The van der Waals surface area contributed by atoms with Gasteiger partial charge >= 0.3 is 0 Å². The molecule has 4 heteroatoms. The highest BCUT2D eigenvalue weighted by molar-refractivity contribution is 7.10. The zero-order valence-electron chi connectivity index (χ0n) is 12.3. The third kappa shape index (κ3) is 3.57. The second-order valence-electron chi connectivity index (χ2n) is 5.53. The van der Waals surface area contributed by atoms with Crippen LogP contribution in [0.1, 0.15) is 36.2 Å². The quantitative estimate of drug-likeness (QED) is 0.797. The van der Waals surface area contributed by atoms with Gasteiger partial charge in [-0.25, -0.2) is 0 Å². The molecule has 2 rings (SSSR count). The maximum atomic E-state index is 6.09. The second kappa shape index (κ2) is 6.84. The lowest BCUT2D eigenvalue weighted by Crippen LogP contribution is -2.42. The van der Waals surface area contributed by atoms with Gasteiger partial charge in [-0.3, -0.25) is 4.90 Å². The number of aryl methyl sites for hydroxylation is 1. The van der Waals surface area contributed by atoms with Crippen LogP contribution >= 0.6 is 11.3 Å². The van der Waals surface area contributed by atoms with E-state index in [0.29, 0.717) is 18.6 Å². The summed E-state index contributed by atoms with van der Waals surface area (Å²) in [7, 11) is 1.77. The summed E-state index contributed by atoms with van der Waals surface area (Å²) in [6.45, 7) is 6.96. The second-order valence-corrected chi connectivity index (χ2v) is 6.48. The van der Waals surface area contributed by atoms with Gasteiger partial charge in [-0.05, 0) is 49.6 Å². The van der Waals surface area contributed by atoms with Crippen LogP contribution in [0.4, 0.5) is 0 Å². The Bertz CT molecular complexity index is 389. The molecule has 1 fully saturated rings. The number of hydrogen-bond donors (Lipinski definition) is 1. The van der Waals surface area contributed by atoms with Crippen LogP contribution in [0.15, 0.2) is 11.4 Å². The standard InChI is InChI=1S/C15H26N2OS/c1-11-6-9-19-15(11)14(10-16)17(7-8-18-3)12(2)13-4-5-13/h6,9,12-14H,4-5,7-8,10,16H2,1-3H3. The molecule has 3 nitrogen and oxygen atoms in total. The summed E-state index contributed by atoms with van der Waals surface area (Å²) in [5, 5.41) is 2.17. The van der Waals surface area contributed by atoms with Crippen molar-refractivity contribution in [1.82, 2.24) is 4.90 Å². The van der Waals surface area contributed by atoms with Crippen molar-refractivity contribution >= 4 is 11.3 Å². The minimum Gasteiger partial charge on any atom is -0.383 e. The minimum atomic E-state index is 0.339. The molecular weight excluding hydrogens is 256 g/mol. The number of thiophene rings is 1. The summed E-state index contributed by atoms with van der Waals surface area (Å²) in [6.07, 6.45) is 2.73. The van der Waals surface area contributed by atoms with Crippen LogP contribution in [0, 0.1) is 12.8 Å². The minimum absolute atomic E-state index is 0.339. The highest BCUT2D eigenvalue weighted by atomic mass is 32.1. The van der Waals surface area contributed by atoms with Crippen LogP contribution in [0.3, 0.4) is 0 Å². The molecular formula is C15H26N2OS. The first-order valence-electron chi connectivity index (χ1n) is 7.17. The Balaban J connectivity index is 2.16. The molecule has 19 heavy (non-hydrogen) atoms. The SMILES string of the molecule is COCCN(C(CN)c1sccc1C)C(C)C1CC1. The van der Waals surface area contributed by atoms with E-state index in [0.717, 1.165) is 19.1 Å². The molecule has 0 aliphatic heterocycles. The van der Waals surface area contributed by atoms with E-state index in [1.54, 1.807) is 7.11 Å². The van der Waals surface area contributed by atoms with Crippen molar-refractivity contribution in [2.24, 2.45) is 11.7 Å². The summed E-state index contributed by atoms with van der Waals surface area (Å²) in [5.41, 5.74) is 7.45. The molecule has 1 aliphatic carbocycles. The van der Waals surface area contributed by atoms with Gasteiger partial charge in [0, 0.05) is 31.1 Å². The molecule has 2 N–H and O–H groups in total. The van der Waals surface area contributed by atoms with Crippen molar-refractivity contribution in [3.05, 3.63) is 21.9 Å². The van der Waals surface area contributed by atoms with E-state index >= 15 is 0 Å². The Kier molecular flexibility index (Phi) is 5.39. The monoisotopic (exact) mass is 282 g/mol. The van der Waals surface area contributed by atoms with Crippen molar-refractivity contribution in [2.45, 2.75) is 38.8 Å². The molecule has 108 valence electrons. The fourth-order valence-corrected chi connectivity index (χ4v) is 3.87. The fraction of sp³-hybridized carbons (Fsp3) is 0.733. The smallest absolute Gasteiger partial charge is 0.0590 e. The number of hydrogen-bond acceptors (Lipinski definition) is 4. The van der Waals surface area contributed by atoms with Crippen LogP contribution in [0.25, 0.3) is 0 Å². The molecule has 0 radical (unpaired) electrons. The first-order valence-corrected chi connectivity index (χ1v) is 8.05.